The molecule has 0 aliphatic carbocycles. The van der Waals surface area contributed by atoms with E-state index < -0.39 is 5.97 Å². The third-order valence-electron chi connectivity index (χ3n) is 1.91. The van der Waals surface area contributed by atoms with Crippen molar-refractivity contribution in [2.45, 2.75) is 0 Å². The lowest BCUT2D eigenvalue weighted by molar-refractivity contribution is 0.0595. The molecule has 0 fully saturated rings. The first-order valence-corrected chi connectivity index (χ1v) is 6.11. The highest BCUT2D eigenvalue weighted by atomic mass is 35.5. The van der Waals surface area contributed by atoms with Gasteiger partial charge < -0.3 is 4.74 Å². The zero-order chi connectivity index (χ0) is 12.4. The number of ether oxygens (including phenoxy) is 1. The highest BCUT2D eigenvalue weighted by Gasteiger charge is 2.12. The van der Waals surface area contributed by atoms with Gasteiger partial charge in [-0.05, 0) is 12.1 Å². The van der Waals surface area contributed by atoms with Gasteiger partial charge in [-0.15, -0.1) is 11.3 Å². The summed E-state index contributed by atoms with van der Waals surface area (Å²) in [5, 5.41) is 2.81. The number of carbonyl (C=O) groups is 1. The fourth-order valence-electron chi connectivity index (χ4n) is 1.19. The van der Waals surface area contributed by atoms with E-state index in [0.29, 0.717) is 5.01 Å². The highest BCUT2D eigenvalue weighted by Crippen LogP contribution is 2.27. The molecule has 0 unspecified atom stereocenters. The molecule has 88 valence electrons. The summed E-state index contributed by atoms with van der Waals surface area (Å²) >= 11 is 12.9. The SMILES string of the molecule is COC(=O)c1csc(-c2cc(Cl)nc(Cl)c2)n1. The quantitative estimate of drug-likeness (QED) is 0.628. The molecule has 17 heavy (non-hydrogen) atoms. The van der Waals surface area contributed by atoms with Crippen molar-refractivity contribution < 1.29 is 9.53 Å². The lowest BCUT2D eigenvalue weighted by atomic mass is 10.3. The molecule has 0 atom stereocenters. The average molecular weight is 289 g/mol. The van der Waals surface area contributed by atoms with Crippen LogP contribution in [0.5, 0.6) is 0 Å². The van der Waals surface area contributed by atoms with Crippen LogP contribution in [0.3, 0.4) is 0 Å². The lowest BCUT2D eigenvalue weighted by Crippen LogP contribution is -2.00. The molecule has 0 saturated carbocycles. The number of halogens is 2. The smallest absolute Gasteiger partial charge is 0.357 e. The van der Waals surface area contributed by atoms with Crippen molar-refractivity contribution in [2.24, 2.45) is 0 Å². The molecule has 0 aliphatic rings. The fourth-order valence-corrected chi connectivity index (χ4v) is 2.43. The summed E-state index contributed by atoms with van der Waals surface area (Å²) < 4.78 is 4.57. The highest BCUT2D eigenvalue weighted by molar-refractivity contribution is 7.13. The van der Waals surface area contributed by atoms with Crippen LogP contribution in [-0.4, -0.2) is 23.0 Å². The van der Waals surface area contributed by atoms with Gasteiger partial charge in [0.1, 0.15) is 15.3 Å². The predicted molar refractivity (Wildman–Crippen MR) is 66.7 cm³/mol. The summed E-state index contributed by atoms with van der Waals surface area (Å²) in [6, 6.07) is 3.26. The Kier molecular flexibility index (Phi) is 3.61. The normalized spacial score (nSPS) is 10.3. The van der Waals surface area contributed by atoms with Gasteiger partial charge in [0.15, 0.2) is 5.69 Å². The molecule has 0 amide bonds. The van der Waals surface area contributed by atoms with Crippen LogP contribution in [-0.2, 0) is 4.74 Å². The number of aromatic nitrogens is 2. The number of pyridine rings is 1. The molecular weight excluding hydrogens is 283 g/mol. The second-order valence-corrected chi connectivity index (χ2v) is 4.66. The Hall–Kier alpha value is -1.17. The number of nitrogens with zero attached hydrogens (tertiary/aromatic N) is 2. The molecule has 0 N–H and O–H groups in total. The van der Waals surface area contributed by atoms with Gasteiger partial charge in [0, 0.05) is 10.9 Å². The van der Waals surface area contributed by atoms with Crippen LogP contribution in [0.15, 0.2) is 17.5 Å². The number of rotatable bonds is 2. The zero-order valence-electron chi connectivity index (χ0n) is 8.61. The van der Waals surface area contributed by atoms with Crippen molar-refractivity contribution in [2.75, 3.05) is 7.11 Å². The van der Waals surface area contributed by atoms with Crippen LogP contribution < -0.4 is 0 Å². The molecule has 2 heterocycles. The summed E-state index contributed by atoms with van der Waals surface area (Å²) in [4.78, 5) is 19.2. The first-order chi connectivity index (χ1) is 8.10. The minimum Gasteiger partial charge on any atom is -0.464 e. The van der Waals surface area contributed by atoms with Crippen molar-refractivity contribution in [3.63, 3.8) is 0 Å². The van der Waals surface area contributed by atoms with Crippen molar-refractivity contribution in [1.82, 2.24) is 9.97 Å². The van der Waals surface area contributed by atoms with E-state index in [1.807, 2.05) is 0 Å². The molecule has 7 heteroatoms. The van der Waals surface area contributed by atoms with Gasteiger partial charge in [0.05, 0.1) is 7.11 Å². The Bertz CT molecular complexity index is 551. The van der Waals surface area contributed by atoms with Crippen molar-refractivity contribution in [3.05, 3.63) is 33.5 Å². The topological polar surface area (TPSA) is 52.1 Å². The molecule has 0 spiro atoms. The largest absolute Gasteiger partial charge is 0.464 e. The van der Waals surface area contributed by atoms with E-state index in [0.717, 1.165) is 5.56 Å². The van der Waals surface area contributed by atoms with E-state index in [1.54, 1.807) is 17.5 Å². The van der Waals surface area contributed by atoms with Crippen LogP contribution in [0.2, 0.25) is 10.3 Å². The van der Waals surface area contributed by atoms with Gasteiger partial charge in [0.25, 0.3) is 0 Å². The molecular formula is C10H6Cl2N2O2S. The standard InChI is InChI=1S/C10H6Cl2N2O2S/c1-16-10(15)6-4-17-9(13-6)5-2-7(11)14-8(12)3-5/h2-4H,1H3. The van der Waals surface area contributed by atoms with Gasteiger partial charge >= 0.3 is 5.97 Å². The van der Waals surface area contributed by atoms with Gasteiger partial charge in [-0.2, -0.15) is 0 Å². The maximum Gasteiger partial charge on any atom is 0.357 e. The van der Waals surface area contributed by atoms with Crippen LogP contribution in [0, 0.1) is 0 Å². The van der Waals surface area contributed by atoms with E-state index in [1.165, 1.54) is 18.4 Å². The Morgan fingerprint density at radius 1 is 1.29 bits per heavy atom. The summed E-state index contributed by atoms with van der Waals surface area (Å²) in [7, 11) is 1.31. The molecule has 2 aromatic rings. The van der Waals surface area contributed by atoms with Crippen molar-refractivity contribution >= 4 is 40.5 Å². The maximum absolute atomic E-state index is 11.2. The molecule has 2 aromatic heterocycles. The van der Waals surface area contributed by atoms with Crippen molar-refractivity contribution in [1.29, 1.82) is 0 Å². The predicted octanol–water partition coefficient (Wildman–Crippen LogP) is 3.30. The second-order valence-electron chi connectivity index (χ2n) is 3.03. The Balaban J connectivity index is 2.40. The van der Waals surface area contributed by atoms with E-state index in [-0.39, 0.29) is 16.0 Å². The number of hydrogen-bond donors (Lipinski definition) is 0. The van der Waals surface area contributed by atoms with Gasteiger partial charge in [-0.25, -0.2) is 14.8 Å². The number of esters is 1. The zero-order valence-corrected chi connectivity index (χ0v) is 10.9. The fraction of sp³-hybridized carbons (Fsp3) is 0.100. The number of carbonyl (C=O) groups excluding carboxylic acids is 1. The molecule has 2 rings (SSSR count). The van der Waals surface area contributed by atoms with E-state index in [2.05, 4.69) is 14.7 Å². The molecule has 0 aliphatic heterocycles. The number of hydrogen-bond acceptors (Lipinski definition) is 5. The third kappa shape index (κ3) is 2.74. The second kappa shape index (κ2) is 5.00. The third-order valence-corrected chi connectivity index (χ3v) is 3.19. The van der Waals surface area contributed by atoms with Gasteiger partial charge in [-0.1, -0.05) is 23.2 Å². The number of methoxy groups -OCH3 is 1. The van der Waals surface area contributed by atoms with Gasteiger partial charge in [0.2, 0.25) is 0 Å². The monoisotopic (exact) mass is 288 g/mol. The minimum absolute atomic E-state index is 0.261. The Morgan fingerprint density at radius 2 is 1.94 bits per heavy atom. The summed E-state index contributed by atoms with van der Waals surface area (Å²) in [5.74, 6) is -0.473. The Morgan fingerprint density at radius 3 is 2.53 bits per heavy atom. The summed E-state index contributed by atoms with van der Waals surface area (Å²) in [6.45, 7) is 0. The summed E-state index contributed by atoms with van der Waals surface area (Å²) in [5.41, 5.74) is 0.978. The first kappa shape index (κ1) is 12.3. The molecule has 0 saturated heterocycles. The summed E-state index contributed by atoms with van der Waals surface area (Å²) in [6.07, 6.45) is 0. The minimum atomic E-state index is -0.473. The van der Waals surface area contributed by atoms with Crippen LogP contribution >= 0.6 is 34.5 Å². The van der Waals surface area contributed by atoms with Crippen LogP contribution in [0.1, 0.15) is 10.5 Å². The lowest BCUT2D eigenvalue weighted by Gasteiger charge is -1.98. The molecule has 0 radical (unpaired) electrons. The van der Waals surface area contributed by atoms with Gasteiger partial charge in [-0.3, -0.25) is 0 Å². The van der Waals surface area contributed by atoms with E-state index in [9.17, 15) is 4.79 Å². The van der Waals surface area contributed by atoms with Crippen LogP contribution in [0.25, 0.3) is 10.6 Å². The first-order valence-electron chi connectivity index (χ1n) is 4.47. The van der Waals surface area contributed by atoms with Crippen LogP contribution in [0.4, 0.5) is 0 Å². The maximum atomic E-state index is 11.2. The van der Waals surface area contributed by atoms with Crippen molar-refractivity contribution in [3.8, 4) is 10.6 Å². The molecule has 0 aromatic carbocycles. The molecule has 4 nitrogen and oxygen atoms in total. The van der Waals surface area contributed by atoms with E-state index >= 15 is 0 Å². The number of thiazole rings is 1. The average Bonchev–Trinajstić information content (AvgIpc) is 2.76. The van der Waals surface area contributed by atoms with E-state index in [4.69, 9.17) is 23.2 Å². The Labute approximate surface area is 111 Å². The molecule has 0 bridgehead atoms.